The lowest BCUT2D eigenvalue weighted by Gasteiger charge is -2.17. The third-order valence-electron chi connectivity index (χ3n) is 5.12. The first kappa shape index (κ1) is 29.3. The van der Waals surface area contributed by atoms with Crippen molar-refractivity contribution in [2.45, 2.75) is 78.1 Å². The highest BCUT2D eigenvalue weighted by atomic mass is 32.1. The van der Waals surface area contributed by atoms with Crippen LogP contribution < -0.4 is 5.32 Å². The molecule has 5 nitrogen and oxygen atoms in total. The highest BCUT2D eigenvalue weighted by Crippen LogP contribution is 2.30. The second kappa shape index (κ2) is 17.7. The van der Waals surface area contributed by atoms with Gasteiger partial charge in [-0.2, -0.15) is 0 Å². The van der Waals surface area contributed by atoms with Crippen molar-refractivity contribution in [1.82, 2.24) is 5.32 Å². The van der Waals surface area contributed by atoms with Crippen molar-refractivity contribution < 1.29 is 19.4 Å². The molecule has 1 heterocycles. The second-order valence-corrected chi connectivity index (χ2v) is 9.31. The first-order valence-electron chi connectivity index (χ1n) is 12.1. The zero-order valence-electron chi connectivity index (χ0n) is 20.8. The van der Waals surface area contributed by atoms with Gasteiger partial charge in [0.2, 0.25) is 0 Å². The van der Waals surface area contributed by atoms with Gasteiger partial charge in [-0.05, 0) is 50.5 Å². The van der Waals surface area contributed by atoms with Gasteiger partial charge in [0.15, 0.2) is 0 Å². The molecule has 0 bridgehead atoms. The monoisotopic (exact) mass is 485 g/mol. The summed E-state index contributed by atoms with van der Waals surface area (Å²) in [5.41, 5.74) is 1.20. The number of allylic oxidation sites excluding steroid dienone is 5. The summed E-state index contributed by atoms with van der Waals surface area (Å²) in [4.78, 5) is 24.8. The maximum Gasteiger partial charge on any atom is 0.305 e. The molecule has 0 aliphatic heterocycles. The van der Waals surface area contributed by atoms with Gasteiger partial charge in [-0.1, -0.05) is 50.8 Å². The molecule has 1 atom stereocenters. The fourth-order valence-electron chi connectivity index (χ4n) is 3.29. The number of rotatable bonds is 17. The molecule has 0 spiro atoms. The maximum atomic E-state index is 12.4. The number of thiophene rings is 1. The molecule has 34 heavy (non-hydrogen) atoms. The molecule has 0 aliphatic rings. The van der Waals surface area contributed by atoms with Crippen molar-refractivity contribution in [3.8, 4) is 12.3 Å². The molecule has 1 aromatic rings. The molecule has 0 fully saturated rings. The lowest BCUT2D eigenvalue weighted by molar-refractivity contribution is -0.136. The van der Waals surface area contributed by atoms with Crippen LogP contribution in [0.5, 0.6) is 0 Å². The number of carbonyl (C=O) groups excluding carboxylic acids is 1. The molecular formula is C28H39NO4S. The molecule has 0 aromatic carbocycles. The van der Waals surface area contributed by atoms with E-state index in [2.05, 4.69) is 50.2 Å². The molecule has 1 rings (SSSR count). The minimum absolute atomic E-state index is 0.0867. The van der Waals surface area contributed by atoms with Crippen LogP contribution in [0.3, 0.4) is 0 Å². The van der Waals surface area contributed by atoms with Gasteiger partial charge >= 0.3 is 5.97 Å². The molecule has 6 heteroatoms. The summed E-state index contributed by atoms with van der Waals surface area (Å²) in [6.07, 6.45) is 20.2. The van der Waals surface area contributed by atoms with Gasteiger partial charge in [0.25, 0.3) is 5.91 Å². The number of aliphatic carboxylic acids is 1. The topological polar surface area (TPSA) is 75.6 Å². The van der Waals surface area contributed by atoms with E-state index in [1.54, 1.807) is 0 Å². The summed E-state index contributed by atoms with van der Waals surface area (Å²) < 4.78 is 6.26. The minimum atomic E-state index is -0.927. The Morgan fingerprint density at radius 2 is 2.06 bits per heavy atom. The minimum Gasteiger partial charge on any atom is -0.493 e. The van der Waals surface area contributed by atoms with E-state index in [-0.39, 0.29) is 24.8 Å². The Morgan fingerprint density at radius 3 is 2.74 bits per heavy atom. The van der Waals surface area contributed by atoms with Gasteiger partial charge in [-0.3, -0.25) is 9.59 Å². The van der Waals surface area contributed by atoms with E-state index in [1.165, 1.54) is 16.9 Å². The molecule has 0 saturated heterocycles. The molecular weight excluding hydrogens is 446 g/mol. The van der Waals surface area contributed by atoms with Gasteiger partial charge < -0.3 is 15.2 Å². The zero-order valence-corrected chi connectivity index (χ0v) is 21.6. The predicted octanol–water partition coefficient (Wildman–Crippen LogP) is 6.84. The Labute approximate surface area is 209 Å². The summed E-state index contributed by atoms with van der Waals surface area (Å²) in [6.45, 7) is 7.03. The Bertz CT molecular complexity index is 888. The largest absolute Gasteiger partial charge is 0.493 e. The second-order valence-electron chi connectivity index (χ2n) is 8.19. The third-order valence-corrected chi connectivity index (χ3v) is 6.37. The first-order chi connectivity index (χ1) is 16.4. The predicted molar refractivity (Wildman–Crippen MR) is 141 cm³/mol. The van der Waals surface area contributed by atoms with Crippen LogP contribution in [0.1, 0.15) is 92.6 Å². The van der Waals surface area contributed by atoms with E-state index < -0.39 is 5.97 Å². The van der Waals surface area contributed by atoms with Crippen LogP contribution >= 0.6 is 11.3 Å². The lowest BCUT2D eigenvalue weighted by atomic mass is 10.0. The van der Waals surface area contributed by atoms with Crippen molar-refractivity contribution in [1.29, 1.82) is 0 Å². The maximum absolute atomic E-state index is 12.4. The van der Waals surface area contributed by atoms with Gasteiger partial charge in [-0.25, -0.2) is 0 Å². The lowest BCUT2D eigenvalue weighted by Crippen LogP contribution is -2.25. The number of hydrogen-bond donors (Lipinski definition) is 2. The van der Waals surface area contributed by atoms with Gasteiger partial charge in [-0.15, -0.1) is 23.7 Å². The molecule has 2 N–H and O–H groups in total. The number of nitrogens with one attached hydrogen (secondary N) is 1. The van der Waals surface area contributed by atoms with Crippen LogP contribution in [0.4, 0.5) is 0 Å². The van der Waals surface area contributed by atoms with Crippen molar-refractivity contribution in [2.75, 3.05) is 13.2 Å². The number of carboxylic acids is 1. The van der Waals surface area contributed by atoms with Gasteiger partial charge in [0.05, 0.1) is 17.9 Å². The Kier molecular flexibility index (Phi) is 15.2. The van der Waals surface area contributed by atoms with Crippen LogP contribution in [0.2, 0.25) is 0 Å². The summed E-state index contributed by atoms with van der Waals surface area (Å²) in [5, 5.41) is 11.4. The van der Waals surface area contributed by atoms with Gasteiger partial charge in [0.1, 0.15) is 5.76 Å². The van der Waals surface area contributed by atoms with E-state index in [0.29, 0.717) is 17.9 Å². The van der Waals surface area contributed by atoms with Crippen LogP contribution in [0.25, 0.3) is 0 Å². The summed E-state index contributed by atoms with van der Waals surface area (Å²) >= 11 is 1.46. The molecule has 1 aromatic heterocycles. The number of ether oxygens (including phenoxy) is 1. The molecule has 0 saturated carbocycles. The third kappa shape index (κ3) is 12.5. The van der Waals surface area contributed by atoms with E-state index >= 15 is 0 Å². The fourth-order valence-corrected chi connectivity index (χ4v) is 4.34. The summed E-state index contributed by atoms with van der Waals surface area (Å²) in [6, 6.07) is 3.82. The standard InChI is InChI=1S/C28H39NO4S/c1-5-8-10-12-14-22(4)20-24(13-7-3)33-21-23(15-11-9-6-2)25-16-17-26(34-25)28(32)29-19-18-27(30)31/h1,10,12-13,16-17,20,23H,6-9,11,14-15,18-19,21H2,2-4H3,(H,29,32)(H,30,31)/b12-10+,22-20-,24-13+. The number of unbranched alkanes of at least 4 members (excludes halogenated alkanes) is 2. The normalized spacial score (nSPS) is 13.0. The van der Waals surface area contributed by atoms with Gasteiger partial charge in [0, 0.05) is 23.8 Å². The highest BCUT2D eigenvalue weighted by molar-refractivity contribution is 7.14. The quantitative estimate of drug-likeness (QED) is 0.0832. The molecule has 1 unspecified atom stereocenters. The van der Waals surface area contributed by atoms with Crippen LogP contribution in [0, 0.1) is 12.3 Å². The Balaban J connectivity index is 2.85. The van der Waals surface area contributed by atoms with E-state index in [9.17, 15) is 9.59 Å². The van der Waals surface area contributed by atoms with E-state index in [0.717, 1.165) is 49.2 Å². The Hall–Kier alpha value is -2.78. The smallest absolute Gasteiger partial charge is 0.305 e. The van der Waals surface area contributed by atoms with Crippen molar-refractivity contribution in [3.63, 3.8) is 0 Å². The molecule has 1 amide bonds. The zero-order chi connectivity index (χ0) is 25.2. The number of hydrogen-bond acceptors (Lipinski definition) is 4. The van der Waals surface area contributed by atoms with Crippen LogP contribution in [0.15, 0.2) is 47.8 Å². The highest BCUT2D eigenvalue weighted by Gasteiger charge is 2.18. The first-order valence-corrected chi connectivity index (χ1v) is 12.9. The summed E-state index contributed by atoms with van der Waals surface area (Å²) in [7, 11) is 0. The van der Waals surface area contributed by atoms with Crippen molar-refractivity contribution >= 4 is 23.2 Å². The fraction of sp³-hybridized carbons (Fsp3) is 0.500. The molecule has 0 aliphatic carbocycles. The van der Waals surface area contributed by atoms with Crippen LogP contribution in [-0.4, -0.2) is 30.1 Å². The average molecular weight is 486 g/mol. The molecule has 0 radical (unpaired) electrons. The number of amides is 1. The SMILES string of the molecule is C#CC/C=C/C/C(C)=C\C(=C/CC)OCC(CCCCC)c1ccc(C(=O)NCCC(=O)O)s1. The van der Waals surface area contributed by atoms with Crippen LogP contribution in [-0.2, 0) is 9.53 Å². The molecule has 186 valence electrons. The summed E-state index contributed by atoms with van der Waals surface area (Å²) in [5.74, 6) is 2.52. The average Bonchev–Trinajstić information content (AvgIpc) is 3.29. The van der Waals surface area contributed by atoms with E-state index in [4.69, 9.17) is 16.3 Å². The van der Waals surface area contributed by atoms with E-state index in [1.807, 2.05) is 18.2 Å². The number of terminal acetylenes is 1. The Morgan fingerprint density at radius 1 is 1.26 bits per heavy atom. The van der Waals surface area contributed by atoms with Crippen molar-refractivity contribution in [2.24, 2.45) is 0 Å². The number of carboxylic acid groups (broad SMARTS) is 1. The van der Waals surface area contributed by atoms with Crippen molar-refractivity contribution in [3.05, 3.63) is 57.5 Å². The number of carbonyl (C=O) groups is 2.